The molecule has 2 atom stereocenters. The van der Waals surface area contributed by atoms with Gasteiger partial charge in [-0.05, 0) is 70.6 Å². The first-order valence-corrected chi connectivity index (χ1v) is 10.3. The summed E-state index contributed by atoms with van der Waals surface area (Å²) in [6.45, 7) is 16.6. The summed E-state index contributed by atoms with van der Waals surface area (Å²) in [4.78, 5) is 12.8. The first-order valence-electron chi connectivity index (χ1n) is 10.3. The summed E-state index contributed by atoms with van der Waals surface area (Å²) in [5.41, 5.74) is 2.00. The van der Waals surface area contributed by atoms with E-state index in [-0.39, 0.29) is 40.0 Å². The molecule has 3 rings (SSSR count). The molecule has 2 N–H and O–H groups in total. The fourth-order valence-corrected chi connectivity index (χ4v) is 4.43. The van der Waals surface area contributed by atoms with Crippen LogP contribution >= 0.6 is 0 Å². The molecule has 2 aliphatic rings. The zero-order valence-corrected chi connectivity index (χ0v) is 18.6. The number of carbonyl (C=O) groups is 1. The van der Waals surface area contributed by atoms with Crippen molar-refractivity contribution >= 4 is 5.91 Å². The second-order valence-corrected chi connectivity index (χ2v) is 10.9. The lowest BCUT2D eigenvalue weighted by atomic mass is 9.66. The third-order valence-electron chi connectivity index (χ3n) is 5.95. The van der Waals surface area contributed by atoms with Crippen LogP contribution in [0.1, 0.15) is 85.3 Å². The highest BCUT2D eigenvalue weighted by Crippen LogP contribution is 2.54. The lowest BCUT2D eigenvalue weighted by Crippen LogP contribution is -2.47. The predicted octanol–water partition coefficient (Wildman–Crippen LogP) is 5.20. The van der Waals surface area contributed by atoms with Crippen molar-refractivity contribution in [2.75, 3.05) is 0 Å². The van der Waals surface area contributed by atoms with E-state index in [0.29, 0.717) is 6.42 Å². The van der Waals surface area contributed by atoms with E-state index in [4.69, 9.17) is 4.74 Å². The standard InChI is InChI=1S/C24H35NO3/c1-22(2,3)15-12-18(26)20-16-11-14(21(27)25-23(4,5)6)9-10-17(16)24(7,8)28-19(20)13-15/h9,12-13,16-17,26H,10-11H2,1-8H3,(H,25,27)/t16-,17-/m1/s1. The van der Waals surface area contributed by atoms with Crippen LogP contribution < -0.4 is 10.1 Å². The van der Waals surface area contributed by atoms with E-state index in [9.17, 15) is 9.90 Å². The zero-order chi connectivity index (χ0) is 21.1. The van der Waals surface area contributed by atoms with Crippen LogP contribution in [0, 0.1) is 5.92 Å². The highest BCUT2D eigenvalue weighted by molar-refractivity contribution is 5.94. The van der Waals surface area contributed by atoms with E-state index in [1.54, 1.807) is 0 Å². The average molecular weight is 386 g/mol. The molecule has 28 heavy (non-hydrogen) atoms. The lowest BCUT2D eigenvalue weighted by molar-refractivity contribution is -0.119. The van der Waals surface area contributed by atoms with Gasteiger partial charge in [0.25, 0.3) is 0 Å². The Kier molecular flexibility index (Phi) is 4.84. The number of ether oxygens (including phenoxy) is 1. The summed E-state index contributed by atoms with van der Waals surface area (Å²) in [6.07, 6.45) is 3.44. The van der Waals surface area contributed by atoms with Gasteiger partial charge in [0, 0.05) is 28.5 Å². The Bertz CT molecular complexity index is 821. The molecule has 154 valence electrons. The number of fused-ring (bicyclic) bond motifs is 3. The second kappa shape index (κ2) is 6.53. The molecule has 1 aliphatic carbocycles. The van der Waals surface area contributed by atoms with Crippen LogP contribution in [0.5, 0.6) is 11.5 Å². The number of rotatable bonds is 1. The molecular formula is C24H35NO3. The highest BCUT2D eigenvalue weighted by Gasteiger charge is 2.47. The van der Waals surface area contributed by atoms with Crippen molar-refractivity contribution in [3.63, 3.8) is 0 Å². The molecule has 0 saturated carbocycles. The van der Waals surface area contributed by atoms with E-state index in [2.05, 4.69) is 52.1 Å². The van der Waals surface area contributed by atoms with Crippen molar-refractivity contribution in [2.24, 2.45) is 5.92 Å². The van der Waals surface area contributed by atoms with E-state index in [1.807, 2.05) is 26.8 Å². The van der Waals surface area contributed by atoms with Crippen LogP contribution in [0.25, 0.3) is 0 Å². The Hall–Kier alpha value is -1.97. The van der Waals surface area contributed by atoms with Gasteiger partial charge in [-0.1, -0.05) is 26.8 Å². The third-order valence-corrected chi connectivity index (χ3v) is 5.95. The van der Waals surface area contributed by atoms with Crippen LogP contribution in [0.3, 0.4) is 0 Å². The van der Waals surface area contributed by atoms with Crippen molar-refractivity contribution in [3.8, 4) is 11.5 Å². The van der Waals surface area contributed by atoms with Crippen LogP contribution in [0.15, 0.2) is 23.8 Å². The maximum Gasteiger partial charge on any atom is 0.247 e. The van der Waals surface area contributed by atoms with Crippen LogP contribution in [0.4, 0.5) is 0 Å². The zero-order valence-electron chi connectivity index (χ0n) is 18.6. The molecule has 0 saturated heterocycles. The molecule has 4 nitrogen and oxygen atoms in total. The molecule has 1 heterocycles. The molecular weight excluding hydrogens is 350 g/mol. The summed E-state index contributed by atoms with van der Waals surface area (Å²) >= 11 is 0. The average Bonchev–Trinajstić information content (AvgIpc) is 2.50. The van der Waals surface area contributed by atoms with E-state index >= 15 is 0 Å². The molecule has 0 radical (unpaired) electrons. The number of hydrogen-bond acceptors (Lipinski definition) is 3. The number of carbonyl (C=O) groups excluding carboxylic acids is 1. The Morgan fingerprint density at radius 3 is 2.39 bits per heavy atom. The summed E-state index contributed by atoms with van der Waals surface area (Å²) < 4.78 is 6.39. The quantitative estimate of drug-likeness (QED) is 0.699. The number of phenolic OH excluding ortho intramolecular Hbond substituents is 1. The second-order valence-electron chi connectivity index (χ2n) is 10.9. The minimum absolute atomic E-state index is 0.0115. The SMILES string of the molecule is CC(C)(C)NC(=O)C1=CC[C@@H]2[C@@H](C1)c1c(O)cc(C(C)(C)C)cc1OC2(C)C. The fraction of sp³-hybridized carbons (Fsp3) is 0.625. The summed E-state index contributed by atoms with van der Waals surface area (Å²) in [5, 5.41) is 14.0. The van der Waals surface area contributed by atoms with Gasteiger partial charge < -0.3 is 15.2 Å². The minimum Gasteiger partial charge on any atom is -0.508 e. The fourth-order valence-electron chi connectivity index (χ4n) is 4.43. The van der Waals surface area contributed by atoms with Crippen LogP contribution in [-0.4, -0.2) is 22.2 Å². The summed E-state index contributed by atoms with van der Waals surface area (Å²) in [7, 11) is 0. The van der Waals surface area contributed by atoms with E-state index in [0.717, 1.165) is 28.9 Å². The molecule has 0 fully saturated rings. The van der Waals surface area contributed by atoms with Gasteiger partial charge in [-0.3, -0.25) is 4.79 Å². The van der Waals surface area contributed by atoms with Gasteiger partial charge in [-0.25, -0.2) is 0 Å². The smallest absolute Gasteiger partial charge is 0.247 e. The van der Waals surface area contributed by atoms with Crippen molar-refractivity contribution in [1.82, 2.24) is 5.32 Å². The Balaban J connectivity index is 2.02. The van der Waals surface area contributed by atoms with Crippen LogP contribution in [0.2, 0.25) is 0 Å². The largest absolute Gasteiger partial charge is 0.508 e. The van der Waals surface area contributed by atoms with E-state index < -0.39 is 0 Å². The molecule has 1 aromatic rings. The Morgan fingerprint density at radius 2 is 1.82 bits per heavy atom. The van der Waals surface area contributed by atoms with Gasteiger partial charge >= 0.3 is 0 Å². The Labute approximate surface area is 169 Å². The Morgan fingerprint density at radius 1 is 1.18 bits per heavy atom. The molecule has 0 bridgehead atoms. The van der Waals surface area contributed by atoms with E-state index in [1.165, 1.54) is 0 Å². The highest BCUT2D eigenvalue weighted by atomic mass is 16.5. The summed E-state index contributed by atoms with van der Waals surface area (Å²) in [5.74, 6) is 1.32. The lowest BCUT2D eigenvalue weighted by Gasteiger charge is -2.47. The normalized spacial score (nSPS) is 23.8. The molecule has 0 unspecified atom stereocenters. The van der Waals surface area contributed by atoms with Gasteiger partial charge in [-0.15, -0.1) is 0 Å². The topological polar surface area (TPSA) is 58.6 Å². The van der Waals surface area contributed by atoms with Crippen molar-refractivity contribution in [1.29, 1.82) is 0 Å². The number of phenols is 1. The van der Waals surface area contributed by atoms with Gasteiger partial charge in [-0.2, -0.15) is 0 Å². The van der Waals surface area contributed by atoms with Crippen LogP contribution in [-0.2, 0) is 10.2 Å². The number of allylic oxidation sites excluding steroid dienone is 1. The minimum atomic E-state index is -0.358. The van der Waals surface area contributed by atoms with Crippen molar-refractivity contribution < 1.29 is 14.6 Å². The third kappa shape index (κ3) is 3.92. The first-order chi connectivity index (χ1) is 12.7. The molecule has 0 spiro atoms. The van der Waals surface area contributed by atoms with Gasteiger partial charge in [0.15, 0.2) is 0 Å². The molecule has 1 aliphatic heterocycles. The van der Waals surface area contributed by atoms with Gasteiger partial charge in [0.2, 0.25) is 5.91 Å². The first kappa shape index (κ1) is 20.8. The number of aromatic hydroxyl groups is 1. The molecule has 1 amide bonds. The van der Waals surface area contributed by atoms with Crippen molar-refractivity contribution in [3.05, 3.63) is 34.9 Å². The molecule has 1 aromatic carbocycles. The van der Waals surface area contributed by atoms with Gasteiger partial charge in [0.05, 0.1) is 0 Å². The van der Waals surface area contributed by atoms with Crippen molar-refractivity contribution in [2.45, 2.75) is 90.7 Å². The maximum absolute atomic E-state index is 12.8. The number of amides is 1. The predicted molar refractivity (Wildman–Crippen MR) is 113 cm³/mol. The maximum atomic E-state index is 12.8. The molecule has 0 aromatic heterocycles. The number of benzene rings is 1. The molecule has 4 heteroatoms. The number of nitrogens with one attached hydrogen (secondary N) is 1. The number of hydrogen-bond donors (Lipinski definition) is 2. The van der Waals surface area contributed by atoms with Gasteiger partial charge in [0.1, 0.15) is 17.1 Å². The summed E-state index contributed by atoms with van der Waals surface area (Å²) in [6, 6.07) is 3.94. The monoisotopic (exact) mass is 385 g/mol.